The molecule has 1 aliphatic carbocycles. The summed E-state index contributed by atoms with van der Waals surface area (Å²) in [5, 5.41) is 9.76. The molecular weight excluding hydrogens is 242 g/mol. The van der Waals surface area contributed by atoms with Crippen molar-refractivity contribution >= 4 is 6.09 Å². The number of amides is 1. The summed E-state index contributed by atoms with van der Waals surface area (Å²) in [6.45, 7) is 3.61. The van der Waals surface area contributed by atoms with Gasteiger partial charge in [0.15, 0.2) is 0 Å². The molecule has 2 fully saturated rings. The minimum Gasteiger partial charge on any atom is -0.445 e. The Labute approximate surface area is 113 Å². The number of carbonyl (C=O) groups is 1. The molecule has 1 spiro atoms. The first-order valence-corrected chi connectivity index (χ1v) is 6.66. The zero-order chi connectivity index (χ0) is 13.5. The van der Waals surface area contributed by atoms with Crippen LogP contribution in [-0.2, 0) is 11.3 Å². The van der Waals surface area contributed by atoms with Crippen LogP contribution in [0.15, 0.2) is 30.3 Å². The second-order valence-corrected chi connectivity index (χ2v) is 6.25. The van der Waals surface area contributed by atoms with Crippen molar-refractivity contribution in [3.63, 3.8) is 0 Å². The first-order chi connectivity index (χ1) is 8.98. The molecule has 0 radical (unpaired) electrons. The Morgan fingerprint density at radius 1 is 1.32 bits per heavy atom. The molecule has 1 aromatic rings. The van der Waals surface area contributed by atoms with Crippen molar-refractivity contribution in [3.8, 4) is 0 Å². The fourth-order valence-corrected chi connectivity index (χ4v) is 3.49. The number of aliphatic hydroxyl groups is 1. The Morgan fingerprint density at radius 2 is 1.95 bits per heavy atom. The van der Waals surface area contributed by atoms with Crippen molar-refractivity contribution in [1.82, 2.24) is 4.90 Å². The van der Waals surface area contributed by atoms with E-state index in [0.717, 1.165) is 31.5 Å². The van der Waals surface area contributed by atoms with Gasteiger partial charge in [0.25, 0.3) is 0 Å². The van der Waals surface area contributed by atoms with Gasteiger partial charge in [0, 0.05) is 18.5 Å². The van der Waals surface area contributed by atoms with Gasteiger partial charge in [0.1, 0.15) is 6.61 Å². The van der Waals surface area contributed by atoms with E-state index in [1.165, 1.54) is 0 Å². The molecular formula is C15H19NO3. The summed E-state index contributed by atoms with van der Waals surface area (Å²) < 4.78 is 5.27. The lowest BCUT2D eigenvalue weighted by atomic mass is 9.56. The van der Waals surface area contributed by atoms with Gasteiger partial charge in [-0.2, -0.15) is 0 Å². The Balaban J connectivity index is 1.44. The molecule has 4 nitrogen and oxygen atoms in total. The molecule has 0 atom stereocenters. The highest BCUT2D eigenvalue weighted by molar-refractivity contribution is 5.69. The molecule has 19 heavy (non-hydrogen) atoms. The summed E-state index contributed by atoms with van der Waals surface area (Å²) in [6.07, 6.45) is 1.34. The monoisotopic (exact) mass is 261 g/mol. The maximum Gasteiger partial charge on any atom is 0.410 e. The SMILES string of the molecule is CC1(O)CC2(CN(C(=O)OCc3ccccc3)C2)C1. The van der Waals surface area contributed by atoms with Crippen molar-refractivity contribution in [2.75, 3.05) is 13.1 Å². The molecule has 1 amide bonds. The maximum atomic E-state index is 11.8. The predicted molar refractivity (Wildman–Crippen MR) is 70.5 cm³/mol. The largest absolute Gasteiger partial charge is 0.445 e. The Hall–Kier alpha value is -1.55. The number of benzene rings is 1. The van der Waals surface area contributed by atoms with Gasteiger partial charge in [0.05, 0.1) is 5.60 Å². The van der Waals surface area contributed by atoms with Gasteiger partial charge >= 0.3 is 6.09 Å². The molecule has 0 unspecified atom stereocenters. The van der Waals surface area contributed by atoms with Gasteiger partial charge in [-0.25, -0.2) is 4.79 Å². The molecule has 2 aliphatic rings. The quantitative estimate of drug-likeness (QED) is 0.887. The summed E-state index contributed by atoms with van der Waals surface area (Å²) in [5.41, 5.74) is 0.632. The van der Waals surface area contributed by atoms with Crippen LogP contribution in [0.1, 0.15) is 25.3 Å². The molecule has 4 heteroatoms. The van der Waals surface area contributed by atoms with Gasteiger partial charge in [-0.15, -0.1) is 0 Å². The molecule has 1 saturated carbocycles. The molecule has 1 N–H and O–H groups in total. The Morgan fingerprint density at radius 3 is 2.53 bits per heavy atom. The zero-order valence-corrected chi connectivity index (χ0v) is 11.1. The van der Waals surface area contributed by atoms with Crippen LogP contribution in [0, 0.1) is 5.41 Å². The van der Waals surface area contributed by atoms with E-state index in [4.69, 9.17) is 4.74 Å². The van der Waals surface area contributed by atoms with Gasteiger partial charge in [0.2, 0.25) is 0 Å². The molecule has 1 heterocycles. The van der Waals surface area contributed by atoms with Crippen LogP contribution in [0.3, 0.4) is 0 Å². The van der Waals surface area contributed by atoms with E-state index >= 15 is 0 Å². The van der Waals surface area contributed by atoms with Crippen LogP contribution >= 0.6 is 0 Å². The van der Waals surface area contributed by atoms with E-state index in [9.17, 15) is 9.90 Å². The summed E-state index contributed by atoms with van der Waals surface area (Å²) in [6, 6.07) is 9.67. The average Bonchev–Trinajstić information content (AvgIpc) is 2.31. The van der Waals surface area contributed by atoms with Crippen LogP contribution in [0.25, 0.3) is 0 Å². The third-order valence-corrected chi connectivity index (χ3v) is 4.03. The average molecular weight is 261 g/mol. The third-order valence-electron chi connectivity index (χ3n) is 4.03. The van der Waals surface area contributed by atoms with Crippen LogP contribution in [0.4, 0.5) is 4.79 Å². The number of nitrogens with zero attached hydrogens (tertiary/aromatic N) is 1. The summed E-state index contributed by atoms with van der Waals surface area (Å²) in [7, 11) is 0. The summed E-state index contributed by atoms with van der Waals surface area (Å²) >= 11 is 0. The number of likely N-dealkylation sites (tertiary alicyclic amines) is 1. The Kier molecular flexibility index (Phi) is 2.78. The van der Waals surface area contributed by atoms with Crippen molar-refractivity contribution < 1.29 is 14.6 Å². The van der Waals surface area contributed by atoms with Crippen molar-refractivity contribution in [2.45, 2.75) is 32.0 Å². The Bertz CT molecular complexity index is 467. The highest BCUT2D eigenvalue weighted by Gasteiger charge is 2.58. The van der Waals surface area contributed by atoms with E-state index in [-0.39, 0.29) is 11.5 Å². The lowest BCUT2D eigenvalue weighted by Crippen LogP contribution is -2.68. The molecule has 1 saturated heterocycles. The van der Waals surface area contributed by atoms with Crippen molar-refractivity contribution in [2.24, 2.45) is 5.41 Å². The van der Waals surface area contributed by atoms with E-state index in [2.05, 4.69) is 0 Å². The fourth-order valence-electron chi connectivity index (χ4n) is 3.49. The highest BCUT2D eigenvalue weighted by atomic mass is 16.6. The second kappa shape index (κ2) is 4.23. The second-order valence-electron chi connectivity index (χ2n) is 6.25. The number of hydrogen-bond donors (Lipinski definition) is 1. The van der Waals surface area contributed by atoms with Gasteiger partial charge < -0.3 is 14.7 Å². The topological polar surface area (TPSA) is 49.8 Å². The third kappa shape index (κ3) is 2.45. The standard InChI is InChI=1S/C15H19NO3/c1-14(18)8-15(9-14)10-16(11-15)13(17)19-7-12-5-3-2-4-6-12/h2-6,18H,7-11H2,1H3. The maximum absolute atomic E-state index is 11.8. The number of ether oxygens (including phenoxy) is 1. The van der Waals surface area contributed by atoms with Crippen molar-refractivity contribution in [3.05, 3.63) is 35.9 Å². The van der Waals surface area contributed by atoms with Crippen LogP contribution in [0.2, 0.25) is 0 Å². The number of rotatable bonds is 2. The smallest absolute Gasteiger partial charge is 0.410 e. The first-order valence-electron chi connectivity index (χ1n) is 6.66. The molecule has 0 bridgehead atoms. The normalized spacial score (nSPS) is 22.5. The minimum atomic E-state index is -0.528. The first kappa shape index (κ1) is 12.5. The van der Waals surface area contributed by atoms with Crippen LogP contribution in [-0.4, -0.2) is 34.8 Å². The fraction of sp³-hybridized carbons (Fsp3) is 0.533. The highest BCUT2D eigenvalue weighted by Crippen LogP contribution is 2.53. The van der Waals surface area contributed by atoms with Gasteiger partial charge in [-0.1, -0.05) is 30.3 Å². The lowest BCUT2D eigenvalue weighted by molar-refractivity contribution is -0.173. The summed E-state index contributed by atoms with van der Waals surface area (Å²) in [4.78, 5) is 13.5. The molecule has 102 valence electrons. The van der Waals surface area contributed by atoms with E-state index < -0.39 is 5.60 Å². The van der Waals surface area contributed by atoms with Crippen LogP contribution in [0.5, 0.6) is 0 Å². The minimum absolute atomic E-state index is 0.162. The molecule has 1 aliphatic heterocycles. The predicted octanol–water partition coefficient (Wildman–Crippen LogP) is 2.17. The molecule has 3 rings (SSSR count). The van der Waals surface area contributed by atoms with E-state index in [1.54, 1.807) is 4.90 Å². The number of carbonyl (C=O) groups excluding carboxylic acids is 1. The molecule has 1 aromatic carbocycles. The van der Waals surface area contributed by atoms with Gasteiger partial charge in [-0.05, 0) is 25.3 Å². The van der Waals surface area contributed by atoms with E-state index in [0.29, 0.717) is 6.61 Å². The van der Waals surface area contributed by atoms with E-state index in [1.807, 2.05) is 37.3 Å². The van der Waals surface area contributed by atoms with Crippen molar-refractivity contribution in [1.29, 1.82) is 0 Å². The zero-order valence-electron chi connectivity index (χ0n) is 11.1. The molecule has 0 aromatic heterocycles. The van der Waals surface area contributed by atoms with Crippen LogP contribution < -0.4 is 0 Å². The summed E-state index contributed by atoms with van der Waals surface area (Å²) in [5.74, 6) is 0. The number of hydrogen-bond acceptors (Lipinski definition) is 3. The van der Waals surface area contributed by atoms with Gasteiger partial charge in [-0.3, -0.25) is 0 Å². The lowest BCUT2D eigenvalue weighted by Gasteiger charge is -2.61.